The molecule has 0 spiro atoms. The number of ketones is 1. The number of hydrogen-bond donors (Lipinski definition) is 0. The molecule has 0 saturated carbocycles. The zero-order valence-electron chi connectivity index (χ0n) is 18.9. The number of anilines is 1. The number of fused-ring (bicyclic) bond motifs is 1. The van der Waals surface area contributed by atoms with Crippen molar-refractivity contribution in [2.24, 2.45) is 0 Å². The fraction of sp³-hybridized carbons (Fsp3) is 0.417. The van der Waals surface area contributed by atoms with Crippen LogP contribution in [0, 0.1) is 0 Å². The maximum absolute atomic E-state index is 12.5. The van der Waals surface area contributed by atoms with Crippen LogP contribution in [0.25, 0.3) is 0 Å². The summed E-state index contributed by atoms with van der Waals surface area (Å²) in [6, 6.07) is 12.2. The summed E-state index contributed by atoms with van der Waals surface area (Å²) in [6.07, 6.45) is 3.10. The number of carbonyl (C=O) groups excluding carboxylic acids is 2. The first-order valence-electron chi connectivity index (χ1n) is 10.9. The first kappa shape index (κ1) is 24.6. The van der Waals surface area contributed by atoms with Gasteiger partial charge in [-0.05, 0) is 62.1 Å². The van der Waals surface area contributed by atoms with Crippen LogP contribution in [-0.4, -0.2) is 52.8 Å². The summed E-state index contributed by atoms with van der Waals surface area (Å²) in [5, 5.41) is 0. The summed E-state index contributed by atoms with van der Waals surface area (Å²) >= 11 is 0. The third-order valence-corrected chi connectivity index (χ3v) is 6.35. The molecule has 0 saturated heterocycles. The minimum atomic E-state index is -3.37. The standard InChI is InChI=1S/C24H29NO7S/c1-3-30-22-9-4-5-10-23(22)31-15-7-11-24(27)32-17-21(26)19-12-13-20-18(16-19)8-6-14-25(20)33(2,28)29/h4-5,9-10,12-13,16H,3,6-8,11,14-15,17H2,1-2H3. The SMILES string of the molecule is CCOc1ccccc1OCCCC(=O)OCC(=O)c1ccc2c(c1)CCCN2S(C)(=O)=O. The molecule has 0 unspecified atom stereocenters. The van der Waals surface area contributed by atoms with E-state index in [1.165, 1.54) is 10.6 Å². The van der Waals surface area contributed by atoms with Crippen LogP contribution >= 0.6 is 0 Å². The molecule has 1 aliphatic heterocycles. The van der Waals surface area contributed by atoms with Gasteiger partial charge in [-0.3, -0.25) is 13.9 Å². The second-order valence-electron chi connectivity index (χ2n) is 7.70. The smallest absolute Gasteiger partial charge is 0.306 e. The number of para-hydroxylation sites is 2. The van der Waals surface area contributed by atoms with E-state index >= 15 is 0 Å². The third-order valence-electron chi connectivity index (χ3n) is 5.17. The van der Waals surface area contributed by atoms with E-state index in [4.69, 9.17) is 14.2 Å². The molecular formula is C24H29NO7S. The van der Waals surface area contributed by atoms with Gasteiger partial charge in [-0.25, -0.2) is 8.42 Å². The van der Waals surface area contributed by atoms with Crippen LogP contribution in [0.2, 0.25) is 0 Å². The van der Waals surface area contributed by atoms with Crippen LogP contribution < -0.4 is 13.8 Å². The zero-order chi connectivity index (χ0) is 23.8. The van der Waals surface area contributed by atoms with Crippen LogP contribution in [-0.2, 0) is 26.0 Å². The van der Waals surface area contributed by atoms with Crippen molar-refractivity contribution in [1.82, 2.24) is 0 Å². The Labute approximate surface area is 194 Å². The van der Waals surface area contributed by atoms with Crippen LogP contribution in [0.1, 0.15) is 42.1 Å². The quantitative estimate of drug-likeness (QED) is 0.279. The number of esters is 1. The lowest BCUT2D eigenvalue weighted by atomic mass is 9.99. The van der Waals surface area contributed by atoms with E-state index in [2.05, 4.69) is 0 Å². The monoisotopic (exact) mass is 475 g/mol. The summed E-state index contributed by atoms with van der Waals surface area (Å²) in [6.45, 7) is 2.80. The van der Waals surface area contributed by atoms with E-state index in [-0.39, 0.29) is 18.8 Å². The molecule has 1 heterocycles. The zero-order valence-corrected chi connectivity index (χ0v) is 19.7. The van der Waals surface area contributed by atoms with Crippen molar-refractivity contribution in [2.45, 2.75) is 32.6 Å². The topological polar surface area (TPSA) is 99.2 Å². The van der Waals surface area contributed by atoms with Gasteiger partial charge in [0.1, 0.15) is 0 Å². The van der Waals surface area contributed by atoms with Gasteiger partial charge in [0.15, 0.2) is 23.9 Å². The van der Waals surface area contributed by atoms with Crippen LogP contribution in [0.4, 0.5) is 5.69 Å². The van der Waals surface area contributed by atoms with Gasteiger partial charge < -0.3 is 14.2 Å². The first-order chi connectivity index (χ1) is 15.8. The number of Topliss-reactive ketones (excluding diaryl/α,β-unsaturated/α-hetero) is 1. The molecule has 0 fully saturated rings. The summed E-state index contributed by atoms with van der Waals surface area (Å²) in [5.74, 6) is 0.457. The second-order valence-corrected chi connectivity index (χ2v) is 9.60. The van der Waals surface area contributed by atoms with E-state index < -0.39 is 16.0 Å². The first-order valence-corrected chi connectivity index (χ1v) is 12.8. The van der Waals surface area contributed by atoms with Crippen molar-refractivity contribution in [3.05, 3.63) is 53.6 Å². The van der Waals surface area contributed by atoms with Crippen LogP contribution in [0.3, 0.4) is 0 Å². The molecular weight excluding hydrogens is 446 g/mol. The average Bonchev–Trinajstić information content (AvgIpc) is 2.80. The summed E-state index contributed by atoms with van der Waals surface area (Å²) < 4.78 is 41.6. The molecule has 8 nitrogen and oxygen atoms in total. The molecule has 0 radical (unpaired) electrons. The highest BCUT2D eigenvalue weighted by Crippen LogP contribution is 2.30. The highest BCUT2D eigenvalue weighted by Gasteiger charge is 2.24. The predicted molar refractivity (Wildman–Crippen MR) is 125 cm³/mol. The summed E-state index contributed by atoms with van der Waals surface area (Å²) in [4.78, 5) is 24.5. The van der Waals surface area contributed by atoms with E-state index in [1.54, 1.807) is 24.3 Å². The molecule has 0 amide bonds. The van der Waals surface area contributed by atoms with Crippen LogP contribution in [0.15, 0.2) is 42.5 Å². The Morgan fingerprint density at radius 3 is 2.48 bits per heavy atom. The van der Waals surface area contributed by atoms with Gasteiger partial charge in [-0.15, -0.1) is 0 Å². The van der Waals surface area contributed by atoms with E-state index in [9.17, 15) is 18.0 Å². The van der Waals surface area contributed by atoms with Gasteiger partial charge in [0.05, 0.1) is 25.2 Å². The Morgan fingerprint density at radius 2 is 1.79 bits per heavy atom. The average molecular weight is 476 g/mol. The van der Waals surface area contributed by atoms with Crippen molar-refractivity contribution >= 4 is 27.5 Å². The highest BCUT2D eigenvalue weighted by molar-refractivity contribution is 7.92. The van der Waals surface area contributed by atoms with Crippen molar-refractivity contribution in [3.63, 3.8) is 0 Å². The van der Waals surface area contributed by atoms with Gasteiger partial charge in [-0.2, -0.15) is 0 Å². The minimum absolute atomic E-state index is 0.123. The molecule has 3 rings (SSSR count). The highest BCUT2D eigenvalue weighted by atomic mass is 32.2. The van der Waals surface area contributed by atoms with Crippen LogP contribution in [0.5, 0.6) is 11.5 Å². The van der Waals surface area contributed by atoms with Gasteiger partial charge in [-0.1, -0.05) is 12.1 Å². The maximum atomic E-state index is 12.5. The Balaban J connectivity index is 1.46. The number of aryl methyl sites for hydroxylation is 1. The number of nitrogens with zero attached hydrogens (tertiary/aromatic N) is 1. The molecule has 2 aromatic rings. The van der Waals surface area contributed by atoms with Gasteiger partial charge in [0.2, 0.25) is 10.0 Å². The predicted octanol–water partition coefficient (Wildman–Crippen LogP) is 3.38. The van der Waals surface area contributed by atoms with Crippen molar-refractivity contribution in [2.75, 3.05) is 36.9 Å². The molecule has 33 heavy (non-hydrogen) atoms. The van der Waals surface area contributed by atoms with Gasteiger partial charge in [0.25, 0.3) is 0 Å². The molecule has 1 aliphatic rings. The molecule has 0 aromatic heterocycles. The second kappa shape index (κ2) is 11.2. The number of benzene rings is 2. The number of ether oxygens (including phenoxy) is 3. The van der Waals surface area contributed by atoms with E-state index in [1.807, 2.05) is 25.1 Å². The number of rotatable bonds is 11. The maximum Gasteiger partial charge on any atom is 0.306 e. The third kappa shape index (κ3) is 6.71. The van der Waals surface area contributed by atoms with Crippen molar-refractivity contribution < 1.29 is 32.2 Å². The van der Waals surface area contributed by atoms with Crippen molar-refractivity contribution in [1.29, 1.82) is 0 Å². The number of sulfonamides is 1. The van der Waals surface area contributed by atoms with Crippen molar-refractivity contribution in [3.8, 4) is 11.5 Å². The van der Waals surface area contributed by atoms with Gasteiger partial charge in [0, 0.05) is 18.5 Å². The number of hydrogen-bond acceptors (Lipinski definition) is 7. The Kier molecular flexibility index (Phi) is 8.32. The lowest BCUT2D eigenvalue weighted by Gasteiger charge is -2.29. The molecule has 0 N–H and O–H groups in total. The number of carbonyl (C=O) groups is 2. The molecule has 9 heteroatoms. The lowest BCUT2D eigenvalue weighted by molar-refractivity contribution is -0.142. The molecule has 178 valence electrons. The summed E-state index contributed by atoms with van der Waals surface area (Å²) in [5.41, 5.74) is 1.80. The molecule has 0 aliphatic carbocycles. The Bertz CT molecular complexity index is 1100. The normalized spacial score (nSPS) is 13.2. The van der Waals surface area contributed by atoms with Gasteiger partial charge >= 0.3 is 5.97 Å². The fourth-order valence-corrected chi connectivity index (χ4v) is 4.62. The molecule has 0 atom stereocenters. The summed E-state index contributed by atoms with van der Waals surface area (Å²) in [7, 11) is -3.37. The minimum Gasteiger partial charge on any atom is -0.490 e. The Morgan fingerprint density at radius 1 is 1.06 bits per heavy atom. The lowest BCUT2D eigenvalue weighted by Crippen LogP contribution is -2.34. The van der Waals surface area contributed by atoms with E-state index in [0.717, 1.165) is 5.56 Å². The molecule has 2 aromatic carbocycles. The largest absolute Gasteiger partial charge is 0.490 e. The Hall–Kier alpha value is -3.07. The molecule has 0 bridgehead atoms. The van der Waals surface area contributed by atoms with E-state index in [0.29, 0.717) is 61.8 Å². The fourth-order valence-electron chi connectivity index (χ4n) is 3.62.